The summed E-state index contributed by atoms with van der Waals surface area (Å²) < 4.78 is 0. The molecule has 0 saturated heterocycles. The van der Waals surface area contributed by atoms with E-state index >= 15 is 0 Å². The second-order valence-corrected chi connectivity index (χ2v) is 6.22. The molecule has 0 aliphatic rings. The highest BCUT2D eigenvalue weighted by molar-refractivity contribution is 7.98. The van der Waals surface area contributed by atoms with E-state index in [-0.39, 0.29) is 0 Å². The van der Waals surface area contributed by atoms with Gasteiger partial charge < -0.3 is 0 Å². The summed E-state index contributed by atoms with van der Waals surface area (Å²) in [4.78, 5) is 5.62. The molecule has 0 spiro atoms. The molecule has 0 fully saturated rings. The lowest BCUT2D eigenvalue weighted by Crippen LogP contribution is -1.85. The molecule has 0 aliphatic carbocycles. The van der Waals surface area contributed by atoms with Crippen LogP contribution in [0.3, 0.4) is 0 Å². The Kier molecular flexibility index (Phi) is 4.16. The Hall–Kier alpha value is -1.22. The number of halogens is 2. The van der Waals surface area contributed by atoms with Gasteiger partial charge in [-0.15, -0.1) is 11.8 Å². The van der Waals surface area contributed by atoms with Gasteiger partial charge in [0.1, 0.15) is 0 Å². The van der Waals surface area contributed by atoms with E-state index in [4.69, 9.17) is 23.2 Å². The maximum absolute atomic E-state index is 6.20. The molecule has 4 heteroatoms. The number of fused-ring (bicyclic) bond motifs is 1. The molecule has 3 aromatic rings. The summed E-state index contributed by atoms with van der Waals surface area (Å²) in [7, 11) is 0. The lowest BCUT2D eigenvalue weighted by atomic mass is 10.2. The highest BCUT2D eigenvalue weighted by Crippen LogP contribution is 2.31. The number of pyridine rings is 1. The first-order valence-electron chi connectivity index (χ1n) is 6.14. The molecule has 1 nitrogen and oxygen atoms in total. The summed E-state index contributed by atoms with van der Waals surface area (Å²) in [6.07, 6.45) is 1.82. The van der Waals surface area contributed by atoms with Gasteiger partial charge in [0.2, 0.25) is 0 Å². The van der Waals surface area contributed by atoms with Crippen molar-refractivity contribution >= 4 is 45.9 Å². The minimum atomic E-state index is 0.663. The molecule has 0 N–H and O–H groups in total. The number of rotatable bonds is 3. The Bertz CT molecular complexity index is 753. The van der Waals surface area contributed by atoms with Gasteiger partial charge in [-0.2, -0.15) is 0 Å². The van der Waals surface area contributed by atoms with Crippen LogP contribution >= 0.6 is 35.0 Å². The number of para-hydroxylation sites is 1. The van der Waals surface area contributed by atoms with Crippen molar-refractivity contribution in [3.8, 4) is 0 Å². The first-order valence-corrected chi connectivity index (χ1v) is 7.89. The lowest BCUT2D eigenvalue weighted by molar-refractivity contribution is 1.34. The summed E-state index contributed by atoms with van der Waals surface area (Å²) in [6.45, 7) is 0. The smallest absolute Gasteiger partial charge is 0.0837 e. The minimum absolute atomic E-state index is 0.663. The van der Waals surface area contributed by atoms with Gasteiger partial charge in [0.25, 0.3) is 0 Å². The monoisotopic (exact) mass is 319 g/mol. The Morgan fingerprint density at radius 3 is 2.70 bits per heavy atom. The lowest BCUT2D eigenvalue weighted by Gasteiger charge is -2.07. The normalized spacial score (nSPS) is 10.9. The summed E-state index contributed by atoms with van der Waals surface area (Å²) in [5.41, 5.74) is 2.11. The van der Waals surface area contributed by atoms with Gasteiger partial charge in [0.15, 0.2) is 0 Å². The quantitative estimate of drug-likeness (QED) is 0.563. The van der Waals surface area contributed by atoms with Crippen molar-refractivity contribution in [3.63, 3.8) is 0 Å². The molecule has 0 radical (unpaired) electrons. The van der Waals surface area contributed by atoms with E-state index in [1.54, 1.807) is 17.8 Å². The van der Waals surface area contributed by atoms with Gasteiger partial charge in [-0.25, -0.2) is 0 Å². The maximum atomic E-state index is 6.20. The van der Waals surface area contributed by atoms with Crippen LogP contribution in [0, 0.1) is 0 Å². The predicted octanol–water partition coefficient (Wildman–Crippen LogP) is 5.83. The van der Waals surface area contributed by atoms with Crippen molar-refractivity contribution in [1.82, 2.24) is 4.98 Å². The van der Waals surface area contributed by atoms with E-state index < -0.39 is 0 Å². The maximum Gasteiger partial charge on any atom is 0.0837 e. The van der Waals surface area contributed by atoms with Crippen molar-refractivity contribution in [3.05, 3.63) is 70.3 Å². The standard InChI is InChI=1S/C16H11Cl2NS/c17-13-7-6-12(14(18)9-13)10-20-15-5-1-3-11-4-2-8-19-16(11)15/h1-9H,10H2. The zero-order valence-electron chi connectivity index (χ0n) is 10.5. The van der Waals surface area contributed by atoms with Crippen LogP contribution in [0.15, 0.2) is 59.6 Å². The molecule has 0 aliphatic heterocycles. The number of thioether (sulfide) groups is 1. The third kappa shape index (κ3) is 2.93. The number of nitrogens with zero attached hydrogens (tertiary/aromatic N) is 1. The van der Waals surface area contributed by atoms with E-state index in [1.165, 1.54) is 0 Å². The highest BCUT2D eigenvalue weighted by Gasteiger charge is 2.05. The van der Waals surface area contributed by atoms with E-state index in [1.807, 2.05) is 24.4 Å². The summed E-state index contributed by atoms with van der Waals surface area (Å²) >= 11 is 13.8. The van der Waals surface area contributed by atoms with Crippen molar-refractivity contribution in [2.45, 2.75) is 10.6 Å². The van der Waals surface area contributed by atoms with Gasteiger partial charge >= 0.3 is 0 Å². The average Bonchev–Trinajstić information content (AvgIpc) is 2.46. The molecule has 20 heavy (non-hydrogen) atoms. The van der Waals surface area contributed by atoms with E-state index in [0.29, 0.717) is 10.0 Å². The fraction of sp³-hybridized carbons (Fsp3) is 0.0625. The van der Waals surface area contributed by atoms with Crippen LogP contribution in [-0.2, 0) is 5.75 Å². The number of hydrogen-bond donors (Lipinski definition) is 0. The molecule has 3 rings (SSSR count). The largest absolute Gasteiger partial charge is 0.255 e. The van der Waals surface area contributed by atoms with Crippen LogP contribution in [0.4, 0.5) is 0 Å². The van der Waals surface area contributed by atoms with Crippen LogP contribution in [0.2, 0.25) is 10.0 Å². The molecule has 0 bridgehead atoms. The molecule has 1 heterocycles. The third-order valence-electron chi connectivity index (χ3n) is 2.99. The predicted molar refractivity (Wildman–Crippen MR) is 87.8 cm³/mol. The summed E-state index contributed by atoms with van der Waals surface area (Å²) in [5.74, 6) is 0.797. The molecule has 2 aromatic carbocycles. The minimum Gasteiger partial charge on any atom is -0.255 e. The van der Waals surface area contributed by atoms with Gasteiger partial charge in [0.05, 0.1) is 5.52 Å². The number of hydrogen-bond acceptors (Lipinski definition) is 2. The van der Waals surface area contributed by atoms with Gasteiger partial charge in [0, 0.05) is 32.3 Å². The Balaban J connectivity index is 1.87. The first-order chi connectivity index (χ1) is 9.74. The van der Waals surface area contributed by atoms with Gasteiger partial charge in [-0.3, -0.25) is 4.98 Å². The molecule has 0 unspecified atom stereocenters. The summed E-state index contributed by atoms with van der Waals surface area (Å²) in [6, 6.07) is 15.8. The topological polar surface area (TPSA) is 12.9 Å². The molecular formula is C16H11Cl2NS. The van der Waals surface area contributed by atoms with Crippen molar-refractivity contribution in [2.75, 3.05) is 0 Å². The Labute approximate surface area is 131 Å². The van der Waals surface area contributed by atoms with E-state index in [2.05, 4.69) is 29.2 Å². The first kappa shape index (κ1) is 13.7. The molecule has 0 atom stereocenters. The van der Waals surface area contributed by atoms with Crippen molar-refractivity contribution < 1.29 is 0 Å². The molecule has 0 amide bonds. The second-order valence-electron chi connectivity index (χ2n) is 4.36. The average molecular weight is 320 g/mol. The molecule has 100 valence electrons. The molecular weight excluding hydrogens is 309 g/mol. The van der Waals surface area contributed by atoms with Crippen LogP contribution in [0.1, 0.15) is 5.56 Å². The zero-order valence-corrected chi connectivity index (χ0v) is 12.8. The number of aromatic nitrogens is 1. The second kappa shape index (κ2) is 6.04. The molecule has 0 saturated carbocycles. The van der Waals surface area contributed by atoms with Crippen LogP contribution in [0.25, 0.3) is 10.9 Å². The van der Waals surface area contributed by atoms with E-state index in [0.717, 1.165) is 27.1 Å². The Morgan fingerprint density at radius 1 is 1.00 bits per heavy atom. The van der Waals surface area contributed by atoms with Crippen LogP contribution in [0.5, 0.6) is 0 Å². The van der Waals surface area contributed by atoms with E-state index in [9.17, 15) is 0 Å². The highest BCUT2D eigenvalue weighted by atomic mass is 35.5. The fourth-order valence-electron chi connectivity index (χ4n) is 1.99. The Morgan fingerprint density at radius 2 is 1.85 bits per heavy atom. The number of benzene rings is 2. The van der Waals surface area contributed by atoms with Gasteiger partial charge in [-0.05, 0) is 29.8 Å². The zero-order chi connectivity index (χ0) is 13.9. The molecule has 1 aromatic heterocycles. The van der Waals surface area contributed by atoms with Crippen LogP contribution < -0.4 is 0 Å². The van der Waals surface area contributed by atoms with Crippen molar-refractivity contribution in [2.24, 2.45) is 0 Å². The van der Waals surface area contributed by atoms with Crippen LogP contribution in [-0.4, -0.2) is 4.98 Å². The SMILES string of the molecule is Clc1ccc(CSc2cccc3cccnc23)c(Cl)c1. The summed E-state index contributed by atoms with van der Waals surface area (Å²) in [5, 5.41) is 2.52. The fourth-order valence-corrected chi connectivity index (χ4v) is 3.59. The van der Waals surface area contributed by atoms with Crippen molar-refractivity contribution in [1.29, 1.82) is 0 Å². The van der Waals surface area contributed by atoms with Gasteiger partial charge in [-0.1, -0.05) is 47.5 Å². The third-order valence-corrected chi connectivity index (χ3v) is 4.68.